The van der Waals surface area contributed by atoms with Gasteiger partial charge in [0.05, 0.1) is 44.6 Å². The molecule has 14 heteroatoms. The lowest BCUT2D eigenvalue weighted by molar-refractivity contribution is -0.120. The maximum Gasteiger partial charge on any atom is 0.222 e. The summed E-state index contributed by atoms with van der Waals surface area (Å²) < 4.78 is 19.3. The van der Waals surface area contributed by atoms with Crippen LogP contribution in [0.1, 0.15) is 288 Å². The molecule has 1 aliphatic carbocycles. The lowest BCUT2D eigenvalue weighted by Gasteiger charge is -2.30. The fraction of sp³-hybridized carbons (Fsp3) is 0.289. The van der Waals surface area contributed by atoms with Crippen LogP contribution < -0.4 is 24.0 Å². The van der Waals surface area contributed by atoms with Gasteiger partial charge in [-0.3, -0.25) is 14.4 Å². The van der Waals surface area contributed by atoms with E-state index < -0.39 is 0 Å². The smallest absolute Gasteiger partial charge is 0.222 e. The van der Waals surface area contributed by atoms with E-state index in [1.807, 2.05) is 171 Å². The molecule has 732 valence electrons. The molecule has 15 aromatic rings. The van der Waals surface area contributed by atoms with E-state index in [9.17, 15) is 14.4 Å². The maximum absolute atomic E-state index is 12.7. The minimum atomic E-state index is 0.0607. The van der Waals surface area contributed by atoms with Gasteiger partial charge in [0.1, 0.15) is 36.2 Å². The normalized spacial score (nSPS) is 13.6. The Kier molecular flexibility index (Phi) is 38.2. The number of aromatic nitrogens is 3. The number of aryl methyl sites for hydroxylation is 2. The van der Waals surface area contributed by atoms with E-state index in [0.29, 0.717) is 89.0 Å². The average Bonchev–Trinajstić information content (AvgIpc) is 1.64. The largest absolute Gasteiger partial charge is 0.488 e. The molecule has 1 atom stereocenters. The number of benzene rings is 13. The summed E-state index contributed by atoms with van der Waals surface area (Å²) in [6, 6.07) is 104. The second kappa shape index (κ2) is 51.0. The van der Waals surface area contributed by atoms with E-state index in [0.717, 1.165) is 135 Å². The van der Waals surface area contributed by atoms with Crippen LogP contribution in [-0.2, 0) is 37.3 Å². The van der Waals surface area contributed by atoms with E-state index >= 15 is 0 Å². The van der Waals surface area contributed by atoms with Crippen LogP contribution in [0, 0.1) is 12.8 Å². The number of Topliss-reactive ketones (excluding diaryl/α,β-unsaturated/α-hetero) is 1. The van der Waals surface area contributed by atoms with E-state index in [1.165, 1.54) is 82.4 Å². The minimum absolute atomic E-state index is 0.0607. The van der Waals surface area contributed by atoms with Crippen molar-refractivity contribution in [2.24, 2.45) is 5.92 Å². The zero-order chi connectivity index (χ0) is 101. The van der Waals surface area contributed by atoms with Crippen LogP contribution in [0.2, 0.25) is 10.0 Å². The molecule has 7 heterocycles. The molecule has 0 radical (unpaired) electrons. The number of hydrogen-bond donors (Lipinski definition) is 0. The van der Waals surface area contributed by atoms with Gasteiger partial charge >= 0.3 is 0 Å². The first-order valence-electron chi connectivity index (χ1n) is 50.6. The molecule has 11 nitrogen and oxygen atoms in total. The van der Waals surface area contributed by atoms with Crippen molar-refractivity contribution in [2.75, 3.05) is 29.9 Å². The zero-order valence-electron chi connectivity index (χ0n) is 86.2. The van der Waals surface area contributed by atoms with Crippen molar-refractivity contribution < 1.29 is 28.6 Å². The molecule has 142 heavy (non-hydrogen) atoms. The van der Waals surface area contributed by atoms with Crippen molar-refractivity contribution in [1.82, 2.24) is 14.8 Å². The van der Waals surface area contributed by atoms with Crippen LogP contribution in [0.5, 0.6) is 23.1 Å². The molecular weight excluding hydrogens is 1810 g/mol. The van der Waals surface area contributed by atoms with Crippen molar-refractivity contribution in [3.63, 3.8) is 0 Å². The third-order valence-corrected chi connectivity index (χ3v) is 28.0. The molecule has 13 aromatic carbocycles. The van der Waals surface area contributed by atoms with Crippen LogP contribution in [0.3, 0.4) is 0 Å². The number of carbonyl (C=O) groups is 3. The van der Waals surface area contributed by atoms with E-state index in [-0.39, 0.29) is 11.6 Å². The summed E-state index contributed by atoms with van der Waals surface area (Å²) in [5.74, 6) is 7.63. The monoisotopic (exact) mass is 1940 g/mol. The van der Waals surface area contributed by atoms with Gasteiger partial charge in [-0.15, -0.1) is 0 Å². The number of para-hydroxylation sites is 2. The molecule has 5 aliphatic heterocycles. The molecule has 1 unspecified atom stereocenters. The van der Waals surface area contributed by atoms with Crippen LogP contribution in [0.15, 0.2) is 338 Å². The first-order chi connectivity index (χ1) is 68.5. The Balaban J connectivity index is 0.000000136. The predicted octanol–water partition coefficient (Wildman–Crippen LogP) is 34.9. The fourth-order valence-electron chi connectivity index (χ4n) is 17.6. The minimum Gasteiger partial charge on any atom is -0.488 e. The molecule has 0 N–H and O–H groups in total. The van der Waals surface area contributed by atoms with Gasteiger partial charge in [0.15, 0.2) is 11.6 Å². The zero-order valence-corrected chi connectivity index (χ0v) is 88.5. The summed E-state index contributed by atoms with van der Waals surface area (Å²) in [7, 11) is 2.15. The van der Waals surface area contributed by atoms with Crippen LogP contribution >= 0.6 is 35.0 Å². The lowest BCUT2D eigenvalue weighted by atomic mass is 9.95. The summed E-state index contributed by atoms with van der Waals surface area (Å²) in [4.78, 5) is 48.4. The highest BCUT2D eigenvalue weighted by Gasteiger charge is 2.29. The van der Waals surface area contributed by atoms with Gasteiger partial charge in [-0.1, -0.05) is 371 Å². The van der Waals surface area contributed by atoms with Gasteiger partial charge in [-0.25, -0.2) is 9.67 Å². The molecule has 2 aromatic heterocycles. The van der Waals surface area contributed by atoms with Gasteiger partial charge in [-0.05, 0) is 238 Å². The number of ketones is 3. The highest BCUT2D eigenvalue weighted by molar-refractivity contribution is 7.99. The Morgan fingerprint density at radius 1 is 0.430 bits per heavy atom. The summed E-state index contributed by atoms with van der Waals surface area (Å²) in [6.07, 6.45) is 14.0. The highest BCUT2D eigenvalue weighted by Crippen LogP contribution is 2.49. The van der Waals surface area contributed by atoms with Crippen molar-refractivity contribution in [3.8, 4) is 51.2 Å². The van der Waals surface area contributed by atoms with Crippen LogP contribution in [-0.4, -0.2) is 52.3 Å². The summed E-state index contributed by atoms with van der Waals surface area (Å²) in [5, 5.41) is 6.38. The first-order valence-corrected chi connectivity index (χ1v) is 52.2. The predicted molar refractivity (Wildman–Crippen MR) is 595 cm³/mol. The molecule has 6 aliphatic rings. The molecule has 0 amide bonds. The van der Waals surface area contributed by atoms with E-state index in [2.05, 4.69) is 314 Å². The van der Waals surface area contributed by atoms with Crippen molar-refractivity contribution in [3.05, 3.63) is 438 Å². The number of pyridine rings is 1. The number of anilines is 3. The van der Waals surface area contributed by atoms with Crippen molar-refractivity contribution in [2.45, 2.75) is 228 Å². The van der Waals surface area contributed by atoms with Crippen molar-refractivity contribution in [1.29, 1.82) is 0 Å². The van der Waals surface area contributed by atoms with Gasteiger partial charge < -0.3 is 24.0 Å². The Labute approximate surface area is 859 Å². The van der Waals surface area contributed by atoms with E-state index in [1.54, 1.807) is 6.20 Å². The van der Waals surface area contributed by atoms with Gasteiger partial charge in [0.25, 0.3) is 0 Å². The number of ether oxygens (including phenoxy) is 3. The summed E-state index contributed by atoms with van der Waals surface area (Å²) in [6.45, 7) is 41.7. The third-order valence-electron chi connectivity index (χ3n) is 26.3. The molecule has 1 fully saturated rings. The number of fused-ring (bicyclic) bond motifs is 8. The summed E-state index contributed by atoms with van der Waals surface area (Å²) in [5.41, 5.74) is 29.6. The molecule has 1 saturated carbocycles. The molecule has 0 bridgehead atoms. The standard InChI is InChI=1S/C18H17ClN2.2C17H16O2.C16H17NS.C15H15NO.C15H20O.C15H16.C13H16ClN.C2H6/c1-13(2)17-12-21(16-6-4-3-5-7-16)20-18(17)14-8-10-15(19)11-9-14;1-11(2)12-7-8-16-15(9-12)17(18)14-6-4-3-5-13(14)10-19-16;1-3-12-5-7-16-15(9-12)17(18)14-8-11(2)4-6-13(14)10-19-16;1-11(2)12-8-9-16-14(10-12)17(3)13-6-4-5-7-15(13)18-16;1-10(2)11-5-6-14-13(8-11)9-12-4-3-7-16-15(12)17-14;1-11(2)13-8-6-12(7-9-13)10-14-4-3-5-15(14)16;1-12(2)13-8-10-15(11-9-13)14-6-4-3-5-7-14;1-10(2)11-5-6-13(12(14)9-11)15-7-3-4-8-15;1-2/h3-13H,1-2H3;3-9,11H,10H2,1-2H3;4-9H,3,10H2,1-2H3;4-11H,1-3H3;3-8,10H,9H2,1-2H3;6-9,11,14H,3-5,10H2,1-2H3;3-12H,1-2H3;3-6,9-10H,7-8H2,1-2H3;1-2H3. The lowest BCUT2D eigenvalue weighted by Crippen LogP contribution is -2.18. The molecule has 21 rings (SSSR count). The van der Waals surface area contributed by atoms with Crippen LogP contribution in [0.4, 0.5) is 17.1 Å². The quantitative estimate of drug-likeness (QED) is 0.0969. The Morgan fingerprint density at radius 2 is 0.944 bits per heavy atom. The number of nitrogens with zero attached hydrogens (tertiary/aromatic N) is 5. The second-order valence-electron chi connectivity index (χ2n) is 38.8. The van der Waals surface area contributed by atoms with Gasteiger partial charge in [0, 0.05) is 105 Å². The number of hydrogen-bond acceptors (Lipinski definition) is 11. The number of rotatable bonds is 14. The first kappa shape index (κ1) is 106. The molecule has 0 spiro atoms. The fourth-order valence-corrected chi connectivity index (χ4v) is 19.1. The topological polar surface area (TPSA) is 116 Å². The highest BCUT2D eigenvalue weighted by atomic mass is 35.5. The third kappa shape index (κ3) is 27.8. The Bertz CT molecular complexity index is 6750. The average molecular weight is 1950 g/mol. The van der Waals surface area contributed by atoms with Crippen molar-refractivity contribution >= 4 is 69.4 Å². The Hall–Kier alpha value is -13.1. The SMILES string of the molecule is CC.CC(C)c1ccc(-c2ccccc2)cc1.CC(C)c1ccc(CC2CCCC2=O)cc1.CC(C)c1ccc(N2CC=CC2)c(Cl)c1.CC(C)c1ccc2c(c1)C(=O)c1ccccc1CO2.CC(C)c1ccc2c(c1)Cc1cccnc1O2.CC(C)c1ccc2c(c1)N(C)c1ccccc1S2.CC(C)c1cn(-c2ccccc2)nc1-c1ccc(Cl)cc1.CCc1ccc2c(c1)C(=O)c1cc(C)ccc1CO2. The summed E-state index contributed by atoms with van der Waals surface area (Å²) >= 11 is 14.1. The number of carbonyl (C=O) groups excluding carboxylic acids is 3. The Morgan fingerprint density at radius 3 is 1.57 bits per heavy atom. The maximum atomic E-state index is 12.7. The van der Waals surface area contributed by atoms with E-state index in [4.69, 9.17) is 42.5 Å². The molecule has 0 saturated heterocycles. The number of halogens is 2. The molecular formula is C128H139Cl2N5O6S. The van der Waals surface area contributed by atoms with Gasteiger partial charge in [0.2, 0.25) is 5.88 Å². The van der Waals surface area contributed by atoms with Crippen LogP contribution in [0.25, 0.3) is 28.1 Å². The second-order valence-corrected chi connectivity index (χ2v) is 40.8. The van der Waals surface area contributed by atoms with Gasteiger partial charge in [-0.2, -0.15) is 5.10 Å².